The molecule has 0 saturated carbocycles. The van der Waals surface area contributed by atoms with Crippen molar-refractivity contribution in [2.75, 3.05) is 24.2 Å². The first kappa shape index (κ1) is 31.4. The first-order valence-corrected chi connectivity index (χ1v) is 16.0. The summed E-state index contributed by atoms with van der Waals surface area (Å²) in [7, 11) is -2.96. The Kier molecular flexibility index (Phi) is 9.74. The quantitative estimate of drug-likeness (QED) is 0.205. The Bertz CT molecular complexity index is 1420. The van der Waals surface area contributed by atoms with Crippen molar-refractivity contribution >= 4 is 22.4 Å². The van der Waals surface area contributed by atoms with Crippen LogP contribution in [0.5, 0.6) is 0 Å². The third-order valence-corrected chi connectivity index (χ3v) is 10.4. The summed E-state index contributed by atoms with van der Waals surface area (Å²) >= 11 is 0. The van der Waals surface area contributed by atoms with E-state index in [0.29, 0.717) is 43.3 Å². The first-order valence-electron chi connectivity index (χ1n) is 14.3. The van der Waals surface area contributed by atoms with Gasteiger partial charge in [-0.3, -0.25) is 13.9 Å². The number of nitrogens with one attached hydrogen (secondary N) is 2. The highest BCUT2D eigenvalue weighted by molar-refractivity contribution is 8.22. The van der Waals surface area contributed by atoms with E-state index in [4.69, 9.17) is 5.73 Å². The summed E-state index contributed by atoms with van der Waals surface area (Å²) in [5.74, 6) is -4.27. The molecule has 5 rings (SSSR count). The predicted octanol–water partition coefficient (Wildman–Crippen LogP) is 5.77. The molecule has 5 atom stereocenters. The van der Waals surface area contributed by atoms with Crippen LogP contribution in [-0.2, 0) is 11.2 Å². The van der Waals surface area contributed by atoms with Crippen LogP contribution in [0.25, 0.3) is 0 Å². The van der Waals surface area contributed by atoms with Gasteiger partial charge in [0.05, 0.1) is 11.8 Å². The molecule has 2 aliphatic rings. The Labute approximate surface area is 250 Å². The van der Waals surface area contributed by atoms with Crippen LogP contribution in [0.1, 0.15) is 48.3 Å². The molecular weight excluding hydrogens is 584 g/mol. The van der Waals surface area contributed by atoms with E-state index in [0.717, 1.165) is 37.1 Å². The van der Waals surface area contributed by atoms with Crippen LogP contribution in [0.15, 0.2) is 60.7 Å². The minimum atomic E-state index is -2.96. The molecule has 12 heteroatoms. The standard InChI is InChI=1S/C31H36F4N4O3S/c32-21-8-6-19(7-9-21)29(20-15-22(33)17-23(34)16-20)30(36)31(40)38-28-5-1-4-27(35)26(28)11-10-25-18-37-24-3-2-14-43(41,42)39(25)13-12-24/h1,4-9,15-17,24-25,29-30,37,41-42H,2-3,10-14,18,36H2,(H,38,40)/t24-,25+,29+,30+/m1/s1. The second-order valence-corrected chi connectivity index (χ2v) is 13.4. The second-order valence-electron chi connectivity index (χ2n) is 11.2. The Balaban J connectivity index is 1.38. The zero-order valence-electron chi connectivity index (χ0n) is 23.5. The van der Waals surface area contributed by atoms with Crippen LogP contribution in [-0.4, -0.2) is 56.3 Å². The highest BCUT2D eigenvalue weighted by atomic mass is 32.3. The maximum Gasteiger partial charge on any atom is 0.242 e. The number of anilines is 1. The number of benzene rings is 3. The molecule has 3 aromatic carbocycles. The van der Waals surface area contributed by atoms with Gasteiger partial charge in [0.1, 0.15) is 23.3 Å². The lowest BCUT2D eigenvalue weighted by atomic mass is 9.84. The van der Waals surface area contributed by atoms with E-state index in [1.54, 1.807) is 10.4 Å². The average Bonchev–Trinajstić information content (AvgIpc) is 3.12. The number of nitrogens with two attached hydrogens (primary N) is 1. The van der Waals surface area contributed by atoms with Crippen molar-refractivity contribution in [1.29, 1.82) is 0 Å². The maximum atomic E-state index is 15.2. The van der Waals surface area contributed by atoms with Gasteiger partial charge in [-0.1, -0.05) is 18.2 Å². The van der Waals surface area contributed by atoms with Gasteiger partial charge in [0, 0.05) is 48.4 Å². The van der Waals surface area contributed by atoms with E-state index in [1.807, 2.05) is 0 Å². The Morgan fingerprint density at radius 2 is 1.72 bits per heavy atom. The minimum absolute atomic E-state index is 0.0850. The van der Waals surface area contributed by atoms with Crippen molar-refractivity contribution in [2.24, 2.45) is 5.73 Å². The van der Waals surface area contributed by atoms with Gasteiger partial charge in [-0.25, -0.2) is 21.9 Å². The van der Waals surface area contributed by atoms with Crippen LogP contribution in [0.4, 0.5) is 23.2 Å². The highest BCUT2D eigenvalue weighted by Gasteiger charge is 2.36. The van der Waals surface area contributed by atoms with E-state index < -0.39 is 51.9 Å². The molecule has 2 aliphatic heterocycles. The summed E-state index contributed by atoms with van der Waals surface area (Å²) in [5.41, 5.74) is 7.26. The SMILES string of the molecule is N[C@H](C(=O)Nc1cccc(F)c1CC[C@H]1CN[C@@H]2CCCS(O)(O)N1CC2)[C@@H](c1ccc(F)cc1)c1cc(F)cc(F)c1. The van der Waals surface area contributed by atoms with Crippen LogP contribution in [0, 0.1) is 23.3 Å². The molecule has 0 aromatic heterocycles. The number of carbonyl (C=O) groups excluding carboxylic acids is 1. The molecule has 2 bridgehead atoms. The van der Waals surface area contributed by atoms with Crippen molar-refractivity contribution in [3.05, 3.63) is 101 Å². The van der Waals surface area contributed by atoms with Gasteiger partial charge in [0.25, 0.3) is 0 Å². The third kappa shape index (κ3) is 7.39. The molecule has 43 heavy (non-hydrogen) atoms. The molecule has 0 spiro atoms. The number of carbonyl (C=O) groups is 1. The number of hydrogen-bond donors (Lipinski definition) is 5. The predicted molar refractivity (Wildman–Crippen MR) is 160 cm³/mol. The molecule has 1 amide bonds. The number of hydrogen-bond acceptors (Lipinski definition) is 6. The molecule has 1 unspecified atom stereocenters. The summed E-state index contributed by atoms with van der Waals surface area (Å²) in [6.07, 6.45) is 2.94. The number of amides is 1. The fourth-order valence-electron chi connectivity index (χ4n) is 6.13. The van der Waals surface area contributed by atoms with Gasteiger partial charge in [-0.2, -0.15) is 0 Å². The molecule has 6 N–H and O–H groups in total. The van der Waals surface area contributed by atoms with Crippen molar-refractivity contribution in [1.82, 2.24) is 9.62 Å². The molecule has 2 saturated heterocycles. The first-order chi connectivity index (χ1) is 20.5. The minimum Gasteiger partial charge on any atom is -0.324 e. The maximum absolute atomic E-state index is 15.2. The topological polar surface area (TPSA) is 111 Å². The second kappa shape index (κ2) is 13.3. The van der Waals surface area contributed by atoms with Crippen molar-refractivity contribution < 1.29 is 31.5 Å². The number of rotatable bonds is 8. The number of nitrogens with zero attached hydrogens (tertiary/aromatic N) is 1. The highest BCUT2D eigenvalue weighted by Crippen LogP contribution is 2.48. The van der Waals surface area contributed by atoms with E-state index >= 15 is 4.39 Å². The third-order valence-electron chi connectivity index (χ3n) is 8.33. The molecular formula is C31H36F4N4O3S. The fraction of sp³-hybridized carbons (Fsp3) is 0.387. The zero-order valence-corrected chi connectivity index (χ0v) is 24.3. The Morgan fingerprint density at radius 1 is 1.00 bits per heavy atom. The Morgan fingerprint density at radius 3 is 2.44 bits per heavy atom. The largest absolute Gasteiger partial charge is 0.324 e. The van der Waals surface area contributed by atoms with E-state index in [2.05, 4.69) is 10.6 Å². The van der Waals surface area contributed by atoms with Crippen molar-refractivity contribution in [3.63, 3.8) is 0 Å². The van der Waals surface area contributed by atoms with E-state index in [1.165, 1.54) is 24.3 Å². The summed E-state index contributed by atoms with van der Waals surface area (Å²) in [6, 6.07) is 10.9. The summed E-state index contributed by atoms with van der Waals surface area (Å²) in [4.78, 5) is 13.5. The summed E-state index contributed by atoms with van der Waals surface area (Å²) in [5, 5.41) is 6.19. The molecule has 232 valence electrons. The molecule has 3 aromatic rings. The molecule has 7 nitrogen and oxygen atoms in total. The zero-order chi connectivity index (χ0) is 30.7. The average molecular weight is 621 g/mol. The fourth-order valence-corrected chi connectivity index (χ4v) is 7.97. The summed E-state index contributed by atoms with van der Waals surface area (Å²) in [6.45, 7) is 1.04. The number of fused-ring (bicyclic) bond motifs is 3. The lowest BCUT2D eigenvalue weighted by Crippen LogP contribution is -2.42. The molecule has 2 fully saturated rings. The van der Waals surface area contributed by atoms with Crippen LogP contribution >= 0.6 is 10.8 Å². The van der Waals surface area contributed by atoms with Gasteiger partial charge >= 0.3 is 0 Å². The lowest BCUT2D eigenvalue weighted by Gasteiger charge is -2.47. The number of halogens is 4. The van der Waals surface area contributed by atoms with Gasteiger partial charge in [-0.05, 0) is 79.6 Å². The van der Waals surface area contributed by atoms with Crippen molar-refractivity contribution in [2.45, 2.75) is 56.1 Å². The van der Waals surface area contributed by atoms with E-state index in [-0.39, 0.29) is 35.3 Å². The van der Waals surface area contributed by atoms with Crippen molar-refractivity contribution in [3.8, 4) is 0 Å². The van der Waals surface area contributed by atoms with Crippen LogP contribution in [0.2, 0.25) is 0 Å². The lowest BCUT2D eigenvalue weighted by molar-refractivity contribution is -0.117. The normalized spacial score (nSPS) is 23.8. The van der Waals surface area contributed by atoms with Crippen LogP contribution < -0.4 is 16.4 Å². The molecule has 0 aliphatic carbocycles. The Hall–Kier alpha value is -3.00. The molecule has 0 radical (unpaired) electrons. The van der Waals surface area contributed by atoms with Gasteiger partial charge in [-0.15, -0.1) is 10.8 Å². The van der Waals surface area contributed by atoms with Gasteiger partial charge in [0.2, 0.25) is 5.91 Å². The van der Waals surface area contributed by atoms with Crippen LogP contribution in [0.3, 0.4) is 0 Å². The smallest absolute Gasteiger partial charge is 0.242 e. The van der Waals surface area contributed by atoms with E-state index in [9.17, 15) is 27.1 Å². The molecule has 2 heterocycles. The summed E-state index contributed by atoms with van der Waals surface area (Å²) < 4.78 is 80.7. The monoisotopic (exact) mass is 620 g/mol. The van der Waals surface area contributed by atoms with Gasteiger partial charge < -0.3 is 16.4 Å². The van der Waals surface area contributed by atoms with Gasteiger partial charge in [0.15, 0.2) is 0 Å².